The van der Waals surface area contributed by atoms with Crippen LogP contribution in [0.5, 0.6) is 0 Å². The van der Waals surface area contributed by atoms with E-state index in [1.54, 1.807) is 7.05 Å². The van der Waals surface area contributed by atoms with Crippen LogP contribution < -0.4 is 16.4 Å². The molecule has 0 aliphatic carbocycles. The van der Waals surface area contributed by atoms with Gasteiger partial charge in [-0.1, -0.05) is 43.8 Å². The summed E-state index contributed by atoms with van der Waals surface area (Å²) in [5.41, 5.74) is 10.5. The number of nitrogens with one attached hydrogen (secondary N) is 2. The van der Waals surface area contributed by atoms with E-state index >= 15 is 0 Å². The second-order valence-corrected chi connectivity index (χ2v) is 5.24. The molecule has 0 atom stereocenters. The zero-order chi connectivity index (χ0) is 16.7. The lowest BCUT2D eigenvalue weighted by Gasteiger charge is -2.17. The van der Waals surface area contributed by atoms with Gasteiger partial charge in [0.1, 0.15) is 5.84 Å². The maximum atomic E-state index is 6.04. The maximum Gasteiger partial charge on any atom is 0.134 e. The fourth-order valence-corrected chi connectivity index (χ4v) is 2.33. The van der Waals surface area contributed by atoms with Crippen molar-refractivity contribution in [1.29, 1.82) is 0 Å². The highest BCUT2D eigenvalue weighted by atomic mass is 15.0. The standard InChI is InChI=1S/C19H24N4/c1-4-13-22-18-12-8-6-9-15(18)14(2)23-19(21-3)16-10-5-7-11-17(16)20/h5-12,22H,2,4,13,20H2,1,3H3,(H,21,23). The van der Waals surface area contributed by atoms with E-state index in [0.29, 0.717) is 11.5 Å². The third-order valence-electron chi connectivity index (χ3n) is 3.53. The minimum Gasteiger partial charge on any atom is -0.398 e. The van der Waals surface area contributed by atoms with E-state index in [1.165, 1.54) is 0 Å². The summed E-state index contributed by atoms with van der Waals surface area (Å²) in [7, 11) is 1.74. The molecular formula is C19H24N4. The smallest absolute Gasteiger partial charge is 0.134 e. The Kier molecular flexibility index (Phi) is 5.80. The fourth-order valence-electron chi connectivity index (χ4n) is 2.33. The second-order valence-electron chi connectivity index (χ2n) is 5.24. The van der Waals surface area contributed by atoms with Crippen LogP contribution in [0, 0.1) is 0 Å². The number of nitrogens with zero attached hydrogens (tertiary/aromatic N) is 1. The summed E-state index contributed by atoms with van der Waals surface area (Å²) in [5.74, 6) is 0.707. The number of rotatable bonds is 6. The molecule has 4 heteroatoms. The Labute approximate surface area is 138 Å². The van der Waals surface area contributed by atoms with Crippen molar-refractivity contribution in [3.05, 3.63) is 66.2 Å². The molecule has 2 rings (SSSR count). The Morgan fingerprint density at radius 1 is 1.09 bits per heavy atom. The van der Waals surface area contributed by atoms with Crippen LogP contribution in [0.3, 0.4) is 0 Å². The van der Waals surface area contributed by atoms with E-state index in [0.717, 1.165) is 35.5 Å². The lowest BCUT2D eigenvalue weighted by Crippen LogP contribution is -2.24. The number of benzene rings is 2. The number of nitrogens with two attached hydrogens (primary N) is 1. The van der Waals surface area contributed by atoms with Crippen LogP contribution in [-0.2, 0) is 0 Å². The van der Waals surface area contributed by atoms with Gasteiger partial charge in [-0.15, -0.1) is 0 Å². The molecule has 0 saturated heterocycles. The normalized spacial score (nSPS) is 11.1. The van der Waals surface area contributed by atoms with E-state index < -0.39 is 0 Å². The van der Waals surface area contributed by atoms with Gasteiger partial charge in [-0.25, -0.2) is 0 Å². The van der Waals surface area contributed by atoms with Gasteiger partial charge in [-0.05, 0) is 24.6 Å². The molecule has 0 fully saturated rings. The first-order valence-corrected chi connectivity index (χ1v) is 7.78. The quantitative estimate of drug-likeness (QED) is 0.433. The fraction of sp³-hybridized carbons (Fsp3) is 0.211. The lowest BCUT2D eigenvalue weighted by molar-refractivity contribution is 0.978. The molecule has 0 aliphatic rings. The molecule has 0 aliphatic heterocycles. The molecule has 0 saturated carbocycles. The van der Waals surface area contributed by atoms with Crippen LogP contribution in [0.15, 0.2) is 60.1 Å². The maximum absolute atomic E-state index is 6.04. The SMILES string of the molecule is C=C(NC(=NC)c1ccccc1N)c1ccccc1NCCC. The molecule has 0 radical (unpaired) electrons. The number of nitrogen functional groups attached to an aromatic ring is 1. The first-order valence-electron chi connectivity index (χ1n) is 7.78. The Morgan fingerprint density at radius 3 is 2.39 bits per heavy atom. The number of anilines is 2. The summed E-state index contributed by atoms with van der Waals surface area (Å²) in [6.07, 6.45) is 1.07. The second kappa shape index (κ2) is 8.03. The van der Waals surface area contributed by atoms with Gasteiger partial charge in [0.25, 0.3) is 0 Å². The molecule has 4 nitrogen and oxygen atoms in total. The highest BCUT2D eigenvalue weighted by Crippen LogP contribution is 2.22. The number of amidine groups is 1. The van der Waals surface area contributed by atoms with Gasteiger partial charge in [-0.2, -0.15) is 0 Å². The Morgan fingerprint density at radius 2 is 1.74 bits per heavy atom. The summed E-state index contributed by atoms with van der Waals surface area (Å²) < 4.78 is 0. The van der Waals surface area contributed by atoms with Gasteiger partial charge >= 0.3 is 0 Å². The highest BCUT2D eigenvalue weighted by molar-refractivity contribution is 6.07. The first kappa shape index (κ1) is 16.6. The average molecular weight is 308 g/mol. The molecule has 0 unspecified atom stereocenters. The zero-order valence-electron chi connectivity index (χ0n) is 13.8. The summed E-state index contributed by atoms with van der Waals surface area (Å²) in [5, 5.41) is 6.71. The van der Waals surface area contributed by atoms with Gasteiger partial charge in [0.2, 0.25) is 0 Å². The monoisotopic (exact) mass is 308 g/mol. The number of hydrogen-bond acceptors (Lipinski definition) is 3. The van der Waals surface area contributed by atoms with Gasteiger partial charge < -0.3 is 16.4 Å². The summed E-state index contributed by atoms with van der Waals surface area (Å²) in [6, 6.07) is 15.8. The van der Waals surface area contributed by atoms with E-state index in [9.17, 15) is 0 Å². The van der Waals surface area contributed by atoms with Crippen LogP contribution in [0.2, 0.25) is 0 Å². The summed E-state index contributed by atoms with van der Waals surface area (Å²) in [6.45, 7) is 7.23. The van der Waals surface area contributed by atoms with E-state index in [1.807, 2.05) is 42.5 Å². The minimum atomic E-state index is 0.686. The third kappa shape index (κ3) is 4.13. The van der Waals surface area contributed by atoms with Gasteiger partial charge in [-0.3, -0.25) is 4.99 Å². The molecule has 2 aromatic rings. The van der Waals surface area contributed by atoms with Gasteiger partial charge in [0.05, 0.1) is 0 Å². The van der Waals surface area contributed by atoms with Gasteiger partial charge in [0, 0.05) is 41.8 Å². The van der Waals surface area contributed by atoms with Gasteiger partial charge in [0.15, 0.2) is 0 Å². The number of aliphatic imine (C=N–C) groups is 1. The van der Waals surface area contributed by atoms with Crippen LogP contribution >= 0.6 is 0 Å². The molecule has 0 bridgehead atoms. The Bertz CT molecular complexity index is 704. The molecule has 23 heavy (non-hydrogen) atoms. The predicted octanol–water partition coefficient (Wildman–Crippen LogP) is 3.73. The largest absolute Gasteiger partial charge is 0.398 e. The summed E-state index contributed by atoms with van der Waals surface area (Å²) >= 11 is 0. The van der Waals surface area contributed by atoms with Crippen molar-refractivity contribution >= 4 is 22.9 Å². The van der Waals surface area contributed by atoms with Crippen molar-refractivity contribution in [2.75, 3.05) is 24.6 Å². The van der Waals surface area contributed by atoms with E-state index in [-0.39, 0.29) is 0 Å². The van der Waals surface area contributed by atoms with Crippen LogP contribution in [0.4, 0.5) is 11.4 Å². The number of hydrogen-bond donors (Lipinski definition) is 3. The van der Waals surface area contributed by atoms with Crippen LogP contribution in [0.25, 0.3) is 5.70 Å². The Hall–Kier alpha value is -2.75. The average Bonchev–Trinajstić information content (AvgIpc) is 2.58. The van der Waals surface area contributed by atoms with E-state index in [2.05, 4.69) is 35.2 Å². The molecule has 2 aromatic carbocycles. The Balaban J connectivity index is 2.23. The molecular weight excluding hydrogens is 284 g/mol. The topological polar surface area (TPSA) is 62.4 Å². The molecule has 0 amide bonds. The van der Waals surface area contributed by atoms with Crippen LogP contribution in [-0.4, -0.2) is 19.4 Å². The first-order chi connectivity index (χ1) is 11.2. The molecule has 4 N–H and O–H groups in total. The highest BCUT2D eigenvalue weighted by Gasteiger charge is 2.10. The minimum absolute atomic E-state index is 0.686. The van der Waals surface area contributed by atoms with Crippen molar-refractivity contribution in [3.8, 4) is 0 Å². The molecule has 0 aromatic heterocycles. The predicted molar refractivity (Wildman–Crippen MR) is 101 cm³/mol. The zero-order valence-corrected chi connectivity index (χ0v) is 13.8. The van der Waals surface area contributed by atoms with Crippen molar-refractivity contribution in [2.45, 2.75) is 13.3 Å². The third-order valence-corrected chi connectivity index (χ3v) is 3.53. The van der Waals surface area contributed by atoms with E-state index in [4.69, 9.17) is 5.73 Å². The molecule has 0 heterocycles. The lowest BCUT2D eigenvalue weighted by atomic mass is 10.1. The molecule has 0 spiro atoms. The van der Waals surface area contributed by atoms with Crippen molar-refractivity contribution in [1.82, 2.24) is 5.32 Å². The molecule has 120 valence electrons. The van der Waals surface area contributed by atoms with Crippen LogP contribution in [0.1, 0.15) is 24.5 Å². The van der Waals surface area contributed by atoms with Crippen molar-refractivity contribution < 1.29 is 0 Å². The van der Waals surface area contributed by atoms with Crippen molar-refractivity contribution in [2.24, 2.45) is 4.99 Å². The number of para-hydroxylation sites is 2. The van der Waals surface area contributed by atoms with Crippen molar-refractivity contribution in [3.63, 3.8) is 0 Å². The summed E-state index contributed by atoms with van der Waals surface area (Å²) in [4.78, 5) is 4.32.